The fourth-order valence-corrected chi connectivity index (χ4v) is 3.50. The summed E-state index contributed by atoms with van der Waals surface area (Å²) in [6.45, 7) is 8.06. The van der Waals surface area contributed by atoms with Crippen LogP contribution in [0.1, 0.15) is 13.3 Å². The van der Waals surface area contributed by atoms with E-state index in [1.165, 1.54) is 11.6 Å². The maximum atomic E-state index is 3.66. The first-order chi connectivity index (χ1) is 6.17. The Morgan fingerprint density at radius 2 is 1.77 bits per heavy atom. The molecule has 0 radical (unpaired) electrons. The summed E-state index contributed by atoms with van der Waals surface area (Å²) in [6, 6.07) is 10.8. The maximum Gasteiger partial charge on any atom is 0.151 e. The Hall–Kier alpha value is -0.603. The molecule has 0 saturated carbocycles. The summed E-state index contributed by atoms with van der Waals surface area (Å²) in [5, 5.41) is 1.49. The first-order valence-electron chi connectivity index (χ1n) is 4.97. The summed E-state index contributed by atoms with van der Waals surface area (Å²) >= 11 is 0. The fraction of sp³-hybridized carbons (Fsp3) is 0.455. The summed E-state index contributed by atoms with van der Waals surface area (Å²) < 4.78 is 0. The summed E-state index contributed by atoms with van der Waals surface area (Å²) in [4.78, 5) is 3.66. The Morgan fingerprint density at radius 1 is 1.15 bits per heavy atom. The number of hydrogen-bond donors (Lipinski definition) is 1. The number of nitrogens with one attached hydrogen (secondary N) is 1. The zero-order chi connectivity index (χ0) is 9.73. The van der Waals surface area contributed by atoms with Crippen molar-refractivity contribution in [3.63, 3.8) is 0 Å². The molecular weight excluding hydrogens is 174 g/mol. The molecule has 1 rings (SSSR count). The van der Waals surface area contributed by atoms with Gasteiger partial charge in [-0.25, -0.2) is 0 Å². The van der Waals surface area contributed by atoms with Crippen molar-refractivity contribution in [1.29, 1.82) is 0 Å². The molecule has 0 aliphatic carbocycles. The molecule has 0 aromatic heterocycles. The molecule has 72 valence electrons. The second-order valence-electron chi connectivity index (χ2n) is 3.92. The third kappa shape index (κ3) is 2.97. The first kappa shape index (κ1) is 10.5. The molecule has 1 N–H and O–H groups in total. The molecule has 0 fully saturated rings. The van der Waals surface area contributed by atoms with E-state index < -0.39 is 8.24 Å². The molecular formula is C11H19NSi. The third-order valence-electron chi connectivity index (χ3n) is 2.31. The second-order valence-corrected chi connectivity index (χ2v) is 8.10. The predicted octanol–water partition coefficient (Wildman–Crippen LogP) is 2.10. The highest BCUT2D eigenvalue weighted by Crippen LogP contribution is 1.98. The molecule has 0 amide bonds. The molecule has 1 aromatic rings. The number of benzene rings is 1. The summed E-state index contributed by atoms with van der Waals surface area (Å²) in [5.74, 6) is 0. The minimum atomic E-state index is -1.35. The van der Waals surface area contributed by atoms with Crippen LogP contribution in [0, 0.1) is 0 Å². The molecule has 0 aliphatic rings. The SMILES string of the molecule is CCCN[Si](C)(C)c1ccccc1. The minimum absolute atomic E-state index is 1.13. The van der Waals surface area contributed by atoms with Crippen molar-refractivity contribution in [2.45, 2.75) is 26.4 Å². The molecule has 0 atom stereocenters. The predicted molar refractivity (Wildman–Crippen MR) is 61.9 cm³/mol. The Kier molecular flexibility index (Phi) is 3.69. The van der Waals surface area contributed by atoms with Crippen LogP contribution in [0.25, 0.3) is 0 Å². The average molecular weight is 193 g/mol. The first-order valence-corrected chi connectivity index (χ1v) is 7.97. The zero-order valence-corrected chi connectivity index (χ0v) is 9.80. The van der Waals surface area contributed by atoms with E-state index in [0.29, 0.717) is 0 Å². The van der Waals surface area contributed by atoms with Gasteiger partial charge in [0.25, 0.3) is 0 Å². The van der Waals surface area contributed by atoms with Crippen LogP contribution in [-0.2, 0) is 0 Å². The molecule has 2 heteroatoms. The molecule has 0 saturated heterocycles. The van der Waals surface area contributed by atoms with E-state index in [9.17, 15) is 0 Å². The van der Waals surface area contributed by atoms with Crippen LogP contribution >= 0.6 is 0 Å². The Labute approximate surface area is 82.3 Å². The molecule has 1 nitrogen and oxygen atoms in total. The van der Waals surface area contributed by atoms with Crippen molar-refractivity contribution >= 4 is 13.4 Å². The van der Waals surface area contributed by atoms with E-state index in [1.54, 1.807) is 0 Å². The van der Waals surface area contributed by atoms with Gasteiger partial charge in [-0.05, 0) is 18.2 Å². The van der Waals surface area contributed by atoms with Gasteiger partial charge >= 0.3 is 0 Å². The molecule has 13 heavy (non-hydrogen) atoms. The van der Waals surface area contributed by atoms with Crippen molar-refractivity contribution in [2.75, 3.05) is 6.54 Å². The van der Waals surface area contributed by atoms with Gasteiger partial charge in [-0.15, -0.1) is 0 Å². The Morgan fingerprint density at radius 3 is 2.31 bits per heavy atom. The van der Waals surface area contributed by atoms with Crippen molar-refractivity contribution < 1.29 is 0 Å². The van der Waals surface area contributed by atoms with Crippen LogP contribution in [0.15, 0.2) is 30.3 Å². The van der Waals surface area contributed by atoms with Crippen molar-refractivity contribution in [2.24, 2.45) is 0 Å². The molecule has 1 aromatic carbocycles. The number of rotatable bonds is 4. The largest absolute Gasteiger partial charge is 0.334 e. The van der Waals surface area contributed by atoms with Gasteiger partial charge in [0.05, 0.1) is 0 Å². The standard InChI is InChI=1S/C11H19NSi/c1-4-10-12-13(2,3)11-8-6-5-7-9-11/h5-9,12H,4,10H2,1-3H3. The second kappa shape index (κ2) is 4.58. The Balaban J connectivity index is 2.69. The number of hydrogen-bond acceptors (Lipinski definition) is 1. The molecule has 0 heterocycles. The quantitative estimate of drug-likeness (QED) is 0.722. The van der Waals surface area contributed by atoms with Gasteiger partial charge in [-0.3, -0.25) is 0 Å². The lowest BCUT2D eigenvalue weighted by atomic mass is 10.4. The maximum absolute atomic E-state index is 3.66. The highest BCUT2D eigenvalue weighted by atomic mass is 28.3. The average Bonchev–Trinajstić information content (AvgIpc) is 2.16. The molecule has 0 spiro atoms. The van der Waals surface area contributed by atoms with Crippen LogP contribution < -0.4 is 10.2 Å². The van der Waals surface area contributed by atoms with E-state index in [1.807, 2.05) is 0 Å². The van der Waals surface area contributed by atoms with Gasteiger partial charge in [0.1, 0.15) is 0 Å². The van der Waals surface area contributed by atoms with Gasteiger partial charge in [0.2, 0.25) is 0 Å². The van der Waals surface area contributed by atoms with Crippen molar-refractivity contribution in [1.82, 2.24) is 4.98 Å². The summed E-state index contributed by atoms with van der Waals surface area (Å²) in [5.41, 5.74) is 0. The van der Waals surface area contributed by atoms with Gasteiger partial charge < -0.3 is 4.98 Å². The van der Waals surface area contributed by atoms with Crippen LogP contribution in [-0.4, -0.2) is 14.8 Å². The topological polar surface area (TPSA) is 12.0 Å². The highest BCUT2D eigenvalue weighted by molar-refractivity contribution is 6.87. The lowest BCUT2D eigenvalue weighted by molar-refractivity contribution is 0.845. The van der Waals surface area contributed by atoms with E-state index in [-0.39, 0.29) is 0 Å². The smallest absolute Gasteiger partial charge is 0.151 e. The van der Waals surface area contributed by atoms with Crippen molar-refractivity contribution in [3.8, 4) is 0 Å². The normalized spacial score (nSPS) is 11.6. The van der Waals surface area contributed by atoms with Crippen LogP contribution in [0.2, 0.25) is 13.1 Å². The molecule has 0 unspecified atom stereocenters. The fourth-order valence-electron chi connectivity index (χ4n) is 1.39. The van der Waals surface area contributed by atoms with Crippen LogP contribution in [0.3, 0.4) is 0 Å². The van der Waals surface area contributed by atoms with E-state index >= 15 is 0 Å². The lowest BCUT2D eigenvalue weighted by Crippen LogP contribution is -2.55. The van der Waals surface area contributed by atoms with Crippen molar-refractivity contribution in [3.05, 3.63) is 30.3 Å². The lowest BCUT2D eigenvalue weighted by Gasteiger charge is -2.23. The molecule has 0 bridgehead atoms. The van der Waals surface area contributed by atoms with Crippen LogP contribution in [0.5, 0.6) is 0 Å². The molecule has 0 aliphatic heterocycles. The van der Waals surface area contributed by atoms with Gasteiger partial charge in [-0.1, -0.05) is 50.3 Å². The van der Waals surface area contributed by atoms with E-state index in [2.05, 4.69) is 55.3 Å². The van der Waals surface area contributed by atoms with E-state index in [4.69, 9.17) is 0 Å². The zero-order valence-electron chi connectivity index (χ0n) is 8.80. The monoisotopic (exact) mass is 193 g/mol. The van der Waals surface area contributed by atoms with E-state index in [0.717, 1.165) is 6.54 Å². The minimum Gasteiger partial charge on any atom is -0.334 e. The summed E-state index contributed by atoms with van der Waals surface area (Å²) in [7, 11) is -1.35. The summed E-state index contributed by atoms with van der Waals surface area (Å²) in [6.07, 6.45) is 1.21. The highest BCUT2D eigenvalue weighted by Gasteiger charge is 2.21. The third-order valence-corrected chi connectivity index (χ3v) is 5.22. The van der Waals surface area contributed by atoms with Crippen LogP contribution in [0.4, 0.5) is 0 Å². The van der Waals surface area contributed by atoms with Gasteiger partial charge in [0.15, 0.2) is 8.24 Å². The van der Waals surface area contributed by atoms with Gasteiger partial charge in [-0.2, -0.15) is 0 Å². The Bertz CT molecular complexity index is 244. The van der Waals surface area contributed by atoms with Gasteiger partial charge in [0, 0.05) is 0 Å².